The molecule has 0 unspecified atom stereocenters. The molecular formula is C5H14N8+2. The van der Waals surface area contributed by atoms with Crippen molar-refractivity contribution in [1.29, 1.82) is 10.8 Å². The molecule has 0 aliphatic carbocycles. The molecule has 10 N–H and O–H groups in total. The molecule has 0 radical (unpaired) electrons. The van der Waals surface area contributed by atoms with Crippen molar-refractivity contribution in [3.05, 3.63) is 0 Å². The van der Waals surface area contributed by atoms with Crippen LogP contribution in [0.2, 0.25) is 0 Å². The van der Waals surface area contributed by atoms with Gasteiger partial charge in [-0.05, 0) is 6.92 Å². The van der Waals surface area contributed by atoms with Gasteiger partial charge in [-0.1, -0.05) is 0 Å². The van der Waals surface area contributed by atoms with Gasteiger partial charge in [0.2, 0.25) is 0 Å². The Morgan fingerprint density at radius 1 is 1.15 bits per heavy atom. The molecule has 8 heteroatoms. The van der Waals surface area contributed by atoms with E-state index in [1.165, 1.54) is 6.21 Å². The molecule has 0 bridgehead atoms. The van der Waals surface area contributed by atoms with Crippen molar-refractivity contribution in [3.63, 3.8) is 0 Å². The molecule has 0 aromatic heterocycles. The second kappa shape index (κ2) is 4.04. The van der Waals surface area contributed by atoms with Gasteiger partial charge >= 0.3 is 11.9 Å². The first-order chi connectivity index (χ1) is 5.86. The Hall–Kier alpha value is -2.12. The van der Waals surface area contributed by atoms with Gasteiger partial charge in [-0.3, -0.25) is 23.2 Å². The van der Waals surface area contributed by atoms with Gasteiger partial charge in [-0.15, -0.1) is 20.2 Å². The van der Waals surface area contributed by atoms with E-state index in [9.17, 15) is 0 Å². The Morgan fingerprint density at radius 2 is 1.62 bits per heavy atom. The second-order valence-electron chi connectivity index (χ2n) is 2.32. The first-order valence-corrected chi connectivity index (χ1v) is 3.31. The molecule has 0 aromatic rings. The zero-order chi connectivity index (χ0) is 10.6. The number of hydrazine groups is 2. The molecule has 8 nitrogen and oxygen atoms in total. The van der Waals surface area contributed by atoms with Gasteiger partial charge in [0.15, 0.2) is 0 Å². The molecule has 0 atom stereocenters. The maximum Gasteiger partial charge on any atom is 0.403 e. The molecule has 0 saturated heterocycles. The van der Waals surface area contributed by atoms with Crippen LogP contribution in [-0.2, 0) is 0 Å². The SMILES string of the molecule is CC(C=[N+](N)C(=N)N)=[N+](N)C(=N)N. The second-order valence-corrected chi connectivity index (χ2v) is 2.32. The number of nitrogens with zero attached hydrogens (tertiary/aromatic N) is 2. The highest BCUT2D eigenvalue weighted by atomic mass is 15.4. The van der Waals surface area contributed by atoms with Crippen LogP contribution in [0, 0.1) is 10.8 Å². The largest absolute Gasteiger partial charge is 0.403 e. The molecule has 0 amide bonds. The Balaban J connectivity index is 4.92. The predicted molar refractivity (Wildman–Crippen MR) is 49.5 cm³/mol. The third-order valence-corrected chi connectivity index (χ3v) is 1.24. The van der Waals surface area contributed by atoms with Crippen molar-refractivity contribution >= 4 is 23.8 Å². The molecule has 0 aromatic carbocycles. The molecule has 0 fully saturated rings. The predicted octanol–water partition coefficient (Wildman–Crippen LogP) is -2.92. The van der Waals surface area contributed by atoms with E-state index in [1.807, 2.05) is 0 Å². The van der Waals surface area contributed by atoms with Crippen LogP contribution in [0.25, 0.3) is 0 Å². The molecule has 0 saturated carbocycles. The number of rotatable bonds is 1. The van der Waals surface area contributed by atoms with Crippen molar-refractivity contribution in [2.75, 3.05) is 0 Å². The molecule has 72 valence electrons. The average Bonchev–Trinajstić information content (AvgIpc) is 2.02. The van der Waals surface area contributed by atoms with Crippen molar-refractivity contribution in [2.24, 2.45) is 23.2 Å². The highest BCUT2D eigenvalue weighted by molar-refractivity contribution is 6.26. The molecule has 0 heterocycles. The van der Waals surface area contributed by atoms with Crippen LogP contribution < -0.4 is 23.2 Å². The minimum Gasteiger partial charge on any atom is -0.289 e. The zero-order valence-electron chi connectivity index (χ0n) is 7.28. The van der Waals surface area contributed by atoms with Crippen molar-refractivity contribution in [3.8, 4) is 0 Å². The lowest BCUT2D eigenvalue weighted by molar-refractivity contribution is -0.434. The minimum absolute atomic E-state index is 0.328. The molecule has 0 spiro atoms. The van der Waals surface area contributed by atoms with Crippen LogP contribution in [0.3, 0.4) is 0 Å². The van der Waals surface area contributed by atoms with E-state index in [-0.39, 0.29) is 11.9 Å². The quantitative estimate of drug-likeness (QED) is 0.0851. The zero-order valence-corrected chi connectivity index (χ0v) is 7.28. The fraction of sp³-hybridized carbons (Fsp3) is 0.200. The van der Waals surface area contributed by atoms with Gasteiger partial charge in [0.25, 0.3) is 0 Å². The van der Waals surface area contributed by atoms with Gasteiger partial charge in [-0.25, -0.2) is 0 Å². The number of guanidine groups is 2. The summed E-state index contributed by atoms with van der Waals surface area (Å²) >= 11 is 0. The van der Waals surface area contributed by atoms with E-state index in [2.05, 4.69) is 0 Å². The van der Waals surface area contributed by atoms with Gasteiger partial charge in [0, 0.05) is 0 Å². The number of nitrogens with one attached hydrogen (secondary N) is 2. The lowest BCUT2D eigenvalue weighted by atomic mass is 10.4. The molecular weight excluding hydrogens is 172 g/mol. The van der Waals surface area contributed by atoms with Gasteiger partial charge < -0.3 is 0 Å². The number of hydrogen-bond acceptors (Lipinski definition) is 4. The van der Waals surface area contributed by atoms with Gasteiger partial charge in [0.1, 0.15) is 11.9 Å². The summed E-state index contributed by atoms with van der Waals surface area (Å²) < 4.78 is 1.76. The van der Waals surface area contributed by atoms with Crippen LogP contribution in [-0.4, -0.2) is 33.2 Å². The van der Waals surface area contributed by atoms with Crippen LogP contribution in [0.4, 0.5) is 0 Å². The highest BCUT2D eigenvalue weighted by Gasteiger charge is 2.06. The summed E-state index contributed by atoms with van der Waals surface area (Å²) in [6.07, 6.45) is 1.28. The van der Waals surface area contributed by atoms with Crippen molar-refractivity contribution in [2.45, 2.75) is 6.92 Å². The summed E-state index contributed by atoms with van der Waals surface area (Å²) in [5.41, 5.74) is 10.5. The number of nitrogens with two attached hydrogens (primary N) is 4. The van der Waals surface area contributed by atoms with E-state index in [4.69, 9.17) is 34.0 Å². The van der Waals surface area contributed by atoms with Crippen molar-refractivity contribution < 1.29 is 9.37 Å². The fourth-order valence-electron chi connectivity index (χ4n) is 0.523. The maximum atomic E-state index is 6.98. The standard InChI is InChI=1S/C5H13N8/c1-3(13(11)5(8)9)2-12(10)4(6)7/h2,10H,11H2,1H3,(H6,6,7,8,9)/q+1/p+1. The fourth-order valence-corrected chi connectivity index (χ4v) is 0.523. The lowest BCUT2D eigenvalue weighted by Gasteiger charge is -1.98. The number of hydrogen-bond donors (Lipinski definition) is 6. The smallest absolute Gasteiger partial charge is 0.289 e. The van der Waals surface area contributed by atoms with E-state index in [1.54, 1.807) is 6.92 Å². The average molecular weight is 186 g/mol. The molecule has 0 rings (SSSR count). The third-order valence-electron chi connectivity index (χ3n) is 1.24. The third kappa shape index (κ3) is 3.18. The first kappa shape index (κ1) is 10.9. The first-order valence-electron chi connectivity index (χ1n) is 3.31. The Morgan fingerprint density at radius 3 is 1.92 bits per heavy atom. The van der Waals surface area contributed by atoms with E-state index in [0.29, 0.717) is 5.71 Å². The van der Waals surface area contributed by atoms with E-state index < -0.39 is 0 Å². The van der Waals surface area contributed by atoms with E-state index >= 15 is 0 Å². The number of hydrazone groups is 2. The topological polar surface area (TPSA) is 158 Å². The molecule has 0 aliphatic heterocycles. The minimum atomic E-state index is -0.337. The summed E-state index contributed by atoms with van der Waals surface area (Å²) in [5, 5.41) is 13.9. The Labute approximate surface area is 75.1 Å². The monoisotopic (exact) mass is 186 g/mol. The highest BCUT2D eigenvalue weighted by Crippen LogP contribution is 1.69. The lowest BCUT2D eigenvalue weighted by Crippen LogP contribution is -2.41. The Bertz CT molecular complexity index is 298. The summed E-state index contributed by atoms with van der Waals surface area (Å²) in [4.78, 5) is 0. The normalized spacial score (nSPS) is 13.5. The maximum absolute atomic E-state index is 6.98. The van der Waals surface area contributed by atoms with Crippen LogP contribution >= 0.6 is 0 Å². The van der Waals surface area contributed by atoms with Crippen LogP contribution in [0.1, 0.15) is 6.92 Å². The summed E-state index contributed by atoms with van der Waals surface area (Å²) in [6, 6.07) is 0. The van der Waals surface area contributed by atoms with Crippen LogP contribution in [0.5, 0.6) is 0 Å². The Kier molecular flexibility index (Phi) is 3.38. The summed E-state index contributed by atoms with van der Waals surface area (Å²) in [7, 11) is 0. The summed E-state index contributed by atoms with van der Waals surface area (Å²) in [6.45, 7) is 1.57. The van der Waals surface area contributed by atoms with Crippen LogP contribution in [0.15, 0.2) is 0 Å². The molecule has 0 aliphatic rings. The van der Waals surface area contributed by atoms with Gasteiger partial charge in [0.05, 0.1) is 0 Å². The summed E-state index contributed by atoms with van der Waals surface area (Å²) in [5.74, 6) is 9.93. The van der Waals surface area contributed by atoms with Crippen molar-refractivity contribution in [1.82, 2.24) is 0 Å². The van der Waals surface area contributed by atoms with Gasteiger partial charge in [-0.2, -0.15) is 0 Å². The molecule has 13 heavy (non-hydrogen) atoms. The van der Waals surface area contributed by atoms with E-state index in [0.717, 1.165) is 9.37 Å².